The Kier molecular flexibility index (Phi) is 6.42. The van der Waals surface area contributed by atoms with Gasteiger partial charge < -0.3 is 15.2 Å². The Morgan fingerprint density at radius 2 is 1.42 bits per heavy atom. The highest BCUT2D eigenvalue weighted by Crippen LogP contribution is 2.19. The van der Waals surface area contributed by atoms with Crippen LogP contribution in [0.5, 0.6) is 5.75 Å². The fourth-order valence-electron chi connectivity index (χ4n) is 2.79. The van der Waals surface area contributed by atoms with E-state index in [4.69, 9.17) is 4.74 Å². The van der Waals surface area contributed by atoms with E-state index >= 15 is 0 Å². The van der Waals surface area contributed by atoms with Crippen molar-refractivity contribution < 1.29 is 9.84 Å². The highest BCUT2D eigenvalue weighted by atomic mass is 16.5. The van der Waals surface area contributed by atoms with Crippen molar-refractivity contribution in [3.63, 3.8) is 0 Å². The van der Waals surface area contributed by atoms with Gasteiger partial charge in [0.1, 0.15) is 12.4 Å². The standard InChI is InChI=1S/C23H25NO2/c1-18(20-10-6-3-7-11-20)24-16-23(25)21-12-14-22(15-13-21)26-17-19-8-4-2-5-9-19/h2-15,18,23-25H,16-17H2,1H3/t18-,23-/m0/s1. The zero-order chi connectivity index (χ0) is 18.2. The van der Waals surface area contributed by atoms with E-state index in [0.29, 0.717) is 13.2 Å². The molecule has 26 heavy (non-hydrogen) atoms. The van der Waals surface area contributed by atoms with Crippen LogP contribution in [0.4, 0.5) is 0 Å². The lowest BCUT2D eigenvalue weighted by molar-refractivity contribution is 0.170. The third-order valence-electron chi connectivity index (χ3n) is 4.43. The summed E-state index contributed by atoms with van der Waals surface area (Å²) in [7, 11) is 0. The predicted octanol–water partition coefficient (Wildman–Crippen LogP) is 4.65. The molecule has 0 radical (unpaired) electrons. The number of nitrogens with one attached hydrogen (secondary N) is 1. The average molecular weight is 347 g/mol. The van der Waals surface area contributed by atoms with Crippen LogP contribution in [-0.4, -0.2) is 11.7 Å². The third kappa shape index (κ3) is 5.19. The molecule has 0 aliphatic carbocycles. The van der Waals surface area contributed by atoms with Crippen LogP contribution in [0, 0.1) is 0 Å². The van der Waals surface area contributed by atoms with Gasteiger partial charge in [0.25, 0.3) is 0 Å². The van der Waals surface area contributed by atoms with Gasteiger partial charge in [-0.1, -0.05) is 72.8 Å². The minimum atomic E-state index is -0.552. The molecule has 0 saturated heterocycles. The summed E-state index contributed by atoms with van der Waals surface area (Å²) in [5, 5.41) is 13.8. The minimum Gasteiger partial charge on any atom is -0.489 e. The summed E-state index contributed by atoms with van der Waals surface area (Å²) in [6.45, 7) is 3.14. The zero-order valence-corrected chi connectivity index (χ0v) is 15.0. The van der Waals surface area contributed by atoms with Crippen LogP contribution in [-0.2, 0) is 6.61 Å². The normalized spacial score (nSPS) is 13.2. The number of aliphatic hydroxyl groups is 1. The Morgan fingerprint density at radius 1 is 0.808 bits per heavy atom. The first-order valence-corrected chi connectivity index (χ1v) is 8.95. The average Bonchev–Trinajstić information content (AvgIpc) is 2.72. The fourth-order valence-corrected chi connectivity index (χ4v) is 2.79. The first-order valence-electron chi connectivity index (χ1n) is 8.95. The molecule has 0 unspecified atom stereocenters. The molecule has 3 aromatic rings. The van der Waals surface area contributed by atoms with Crippen LogP contribution in [0.3, 0.4) is 0 Å². The second-order valence-corrected chi connectivity index (χ2v) is 6.40. The van der Waals surface area contributed by atoms with Gasteiger partial charge in [0, 0.05) is 12.6 Å². The van der Waals surface area contributed by atoms with Crippen molar-refractivity contribution in [2.24, 2.45) is 0 Å². The number of ether oxygens (including phenoxy) is 1. The van der Waals surface area contributed by atoms with E-state index in [1.54, 1.807) is 0 Å². The molecule has 3 aromatic carbocycles. The quantitative estimate of drug-likeness (QED) is 0.623. The van der Waals surface area contributed by atoms with E-state index in [-0.39, 0.29) is 6.04 Å². The highest BCUT2D eigenvalue weighted by molar-refractivity contribution is 5.29. The van der Waals surface area contributed by atoms with Crippen molar-refractivity contribution in [3.8, 4) is 5.75 Å². The lowest BCUT2D eigenvalue weighted by Crippen LogP contribution is -2.24. The Morgan fingerprint density at radius 3 is 2.08 bits per heavy atom. The number of aliphatic hydroxyl groups excluding tert-OH is 1. The molecular formula is C23H25NO2. The molecular weight excluding hydrogens is 322 g/mol. The van der Waals surface area contributed by atoms with Gasteiger partial charge in [-0.05, 0) is 35.7 Å². The summed E-state index contributed by atoms with van der Waals surface area (Å²) < 4.78 is 5.79. The van der Waals surface area contributed by atoms with Gasteiger partial charge in [-0.2, -0.15) is 0 Å². The van der Waals surface area contributed by atoms with Gasteiger partial charge in [0.2, 0.25) is 0 Å². The van der Waals surface area contributed by atoms with Crippen molar-refractivity contribution in [1.82, 2.24) is 5.32 Å². The second-order valence-electron chi connectivity index (χ2n) is 6.40. The monoisotopic (exact) mass is 347 g/mol. The molecule has 3 heteroatoms. The molecule has 0 bridgehead atoms. The molecule has 2 atom stereocenters. The highest BCUT2D eigenvalue weighted by Gasteiger charge is 2.10. The smallest absolute Gasteiger partial charge is 0.119 e. The molecule has 0 fully saturated rings. The summed E-state index contributed by atoms with van der Waals surface area (Å²) >= 11 is 0. The first-order chi connectivity index (χ1) is 12.7. The van der Waals surface area contributed by atoms with Crippen LogP contribution < -0.4 is 10.1 Å². The van der Waals surface area contributed by atoms with E-state index < -0.39 is 6.10 Å². The molecule has 3 rings (SSSR count). The molecule has 0 aromatic heterocycles. The van der Waals surface area contributed by atoms with Crippen LogP contribution >= 0.6 is 0 Å². The Labute approximate surface area is 155 Å². The number of rotatable bonds is 8. The van der Waals surface area contributed by atoms with Gasteiger partial charge in [0.15, 0.2) is 0 Å². The van der Waals surface area contributed by atoms with E-state index in [9.17, 15) is 5.11 Å². The van der Waals surface area contributed by atoms with Crippen molar-refractivity contribution in [2.75, 3.05) is 6.54 Å². The van der Waals surface area contributed by atoms with Crippen LogP contribution in [0.25, 0.3) is 0 Å². The molecule has 2 N–H and O–H groups in total. The zero-order valence-electron chi connectivity index (χ0n) is 15.0. The molecule has 134 valence electrons. The molecule has 3 nitrogen and oxygen atoms in total. The Hall–Kier alpha value is -2.62. The largest absolute Gasteiger partial charge is 0.489 e. The Bertz CT molecular complexity index is 772. The van der Waals surface area contributed by atoms with Gasteiger partial charge in [0.05, 0.1) is 6.10 Å². The van der Waals surface area contributed by atoms with E-state index in [0.717, 1.165) is 16.9 Å². The maximum atomic E-state index is 10.4. The molecule has 0 spiro atoms. The molecule has 0 heterocycles. The van der Waals surface area contributed by atoms with Gasteiger partial charge >= 0.3 is 0 Å². The van der Waals surface area contributed by atoms with Crippen molar-refractivity contribution in [1.29, 1.82) is 0 Å². The third-order valence-corrected chi connectivity index (χ3v) is 4.43. The van der Waals surface area contributed by atoms with E-state index in [1.807, 2.05) is 72.8 Å². The molecule has 0 saturated carbocycles. The maximum absolute atomic E-state index is 10.4. The summed E-state index contributed by atoms with van der Waals surface area (Å²) in [6, 6.07) is 28.1. The number of benzene rings is 3. The minimum absolute atomic E-state index is 0.194. The van der Waals surface area contributed by atoms with Gasteiger partial charge in [-0.3, -0.25) is 0 Å². The topological polar surface area (TPSA) is 41.5 Å². The summed E-state index contributed by atoms with van der Waals surface area (Å²) in [5.41, 5.74) is 3.23. The van der Waals surface area contributed by atoms with Crippen LogP contribution in [0.1, 0.15) is 35.8 Å². The lowest BCUT2D eigenvalue weighted by atomic mass is 10.1. The van der Waals surface area contributed by atoms with Crippen LogP contribution in [0.2, 0.25) is 0 Å². The number of hydrogen-bond donors (Lipinski definition) is 2. The van der Waals surface area contributed by atoms with E-state index in [1.165, 1.54) is 5.56 Å². The van der Waals surface area contributed by atoms with Crippen molar-refractivity contribution in [3.05, 3.63) is 102 Å². The fraction of sp³-hybridized carbons (Fsp3) is 0.217. The maximum Gasteiger partial charge on any atom is 0.119 e. The van der Waals surface area contributed by atoms with E-state index in [2.05, 4.69) is 24.4 Å². The summed E-state index contributed by atoms with van der Waals surface area (Å²) in [6.07, 6.45) is -0.552. The SMILES string of the molecule is C[C@H](NC[C@H](O)c1ccc(OCc2ccccc2)cc1)c1ccccc1. The summed E-state index contributed by atoms with van der Waals surface area (Å²) in [5.74, 6) is 0.801. The van der Waals surface area contributed by atoms with Gasteiger partial charge in [-0.15, -0.1) is 0 Å². The summed E-state index contributed by atoms with van der Waals surface area (Å²) in [4.78, 5) is 0. The predicted molar refractivity (Wildman–Crippen MR) is 105 cm³/mol. The van der Waals surface area contributed by atoms with Crippen LogP contribution in [0.15, 0.2) is 84.9 Å². The molecule has 0 amide bonds. The van der Waals surface area contributed by atoms with Gasteiger partial charge in [-0.25, -0.2) is 0 Å². The number of hydrogen-bond acceptors (Lipinski definition) is 3. The van der Waals surface area contributed by atoms with Crippen molar-refractivity contribution >= 4 is 0 Å². The molecule has 0 aliphatic heterocycles. The van der Waals surface area contributed by atoms with Crippen molar-refractivity contribution in [2.45, 2.75) is 25.7 Å². The molecule has 0 aliphatic rings. The Balaban J connectivity index is 1.49. The second kappa shape index (κ2) is 9.18. The lowest BCUT2D eigenvalue weighted by Gasteiger charge is -2.18. The first kappa shape index (κ1) is 18.2.